The molecule has 2 aliphatic rings. The van der Waals surface area contributed by atoms with Gasteiger partial charge >= 0.3 is 0 Å². The number of hydrogen-bond donors (Lipinski definition) is 2. The minimum Gasteiger partial charge on any atom is -0.496 e. The zero-order chi connectivity index (χ0) is 28.2. The van der Waals surface area contributed by atoms with Crippen LogP contribution in [-0.4, -0.2) is 56.5 Å². The van der Waals surface area contributed by atoms with Gasteiger partial charge in [0.15, 0.2) is 0 Å². The highest BCUT2D eigenvalue weighted by Crippen LogP contribution is 2.41. The number of hydrogen-bond acceptors (Lipinski definition) is 4. The monoisotopic (exact) mass is 579 g/mol. The highest BCUT2D eigenvalue weighted by Gasteiger charge is 2.44. The van der Waals surface area contributed by atoms with Gasteiger partial charge < -0.3 is 20.3 Å². The number of nitrogens with one attached hydrogen (secondary N) is 2. The lowest BCUT2D eigenvalue weighted by atomic mass is 9.72. The number of rotatable bonds is 8. The van der Waals surface area contributed by atoms with Gasteiger partial charge in [-0.25, -0.2) is 0 Å². The van der Waals surface area contributed by atoms with Crippen molar-refractivity contribution in [2.45, 2.75) is 36.5 Å². The minimum atomic E-state index is -0.551. The molecule has 0 aliphatic carbocycles. The molecule has 2 fully saturated rings. The third-order valence-electron chi connectivity index (χ3n) is 8.62. The predicted molar refractivity (Wildman–Crippen MR) is 160 cm³/mol. The summed E-state index contributed by atoms with van der Waals surface area (Å²) < 4.78 is 5.45. The molecule has 3 aromatic carbocycles. The molecule has 2 aliphatic heterocycles. The molecule has 5 rings (SSSR count). The second kappa shape index (κ2) is 12.2. The molecule has 2 N–H and O–H groups in total. The molecular formula is C32H35Cl2N3O3. The standard InChI is InChI=1S/C32H35Cl2N3O3/c1-40-28-10-6-5-9-25(28)29(38)37-20-16-31(22-37,24-11-12-26(33)27(34)21-24)13-19-36-30(39)32(14-17-35-18-15-32)23-7-3-2-4-8-23/h2-12,21,35H,13-20,22H2,1H3,(H,36,39). The van der Waals surface area contributed by atoms with Crippen molar-refractivity contribution >= 4 is 35.0 Å². The molecule has 1 unspecified atom stereocenters. The quantitative estimate of drug-likeness (QED) is 0.363. The van der Waals surface area contributed by atoms with Crippen molar-refractivity contribution in [3.63, 3.8) is 0 Å². The number of carbonyl (C=O) groups is 2. The van der Waals surface area contributed by atoms with Crippen molar-refractivity contribution in [3.8, 4) is 5.75 Å². The molecule has 8 heteroatoms. The molecular weight excluding hydrogens is 545 g/mol. The van der Waals surface area contributed by atoms with Crippen LogP contribution in [0.25, 0.3) is 0 Å². The summed E-state index contributed by atoms with van der Waals surface area (Å²) in [5.74, 6) is 0.547. The molecule has 40 heavy (non-hydrogen) atoms. The van der Waals surface area contributed by atoms with Crippen LogP contribution in [-0.2, 0) is 15.6 Å². The fourth-order valence-electron chi connectivity index (χ4n) is 6.29. The summed E-state index contributed by atoms with van der Waals surface area (Å²) in [6.45, 7) is 3.18. The van der Waals surface area contributed by atoms with E-state index in [0.29, 0.717) is 47.4 Å². The van der Waals surface area contributed by atoms with Gasteiger partial charge in [0.25, 0.3) is 5.91 Å². The first kappa shape index (κ1) is 28.5. The summed E-state index contributed by atoms with van der Waals surface area (Å²) >= 11 is 12.7. The van der Waals surface area contributed by atoms with E-state index in [4.69, 9.17) is 27.9 Å². The predicted octanol–water partition coefficient (Wildman–Crippen LogP) is 5.61. The number of benzene rings is 3. The first-order valence-corrected chi connectivity index (χ1v) is 14.6. The Kier molecular flexibility index (Phi) is 8.69. The topological polar surface area (TPSA) is 70.7 Å². The summed E-state index contributed by atoms with van der Waals surface area (Å²) in [6, 6.07) is 23.1. The number of para-hydroxylation sites is 1. The van der Waals surface area contributed by atoms with Crippen LogP contribution in [0.4, 0.5) is 0 Å². The zero-order valence-corrected chi connectivity index (χ0v) is 24.2. The van der Waals surface area contributed by atoms with Gasteiger partial charge in [-0.2, -0.15) is 0 Å². The third kappa shape index (κ3) is 5.58. The SMILES string of the molecule is COc1ccccc1C(=O)N1CCC(CCNC(=O)C2(c3ccccc3)CCNCC2)(c2ccc(Cl)c(Cl)c2)C1. The van der Waals surface area contributed by atoms with E-state index in [0.717, 1.165) is 43.5 Å². The lowest BCUT2D eigenvalue weighted by Gasteiger charge is -2.37. The van der Waals surface area contributed by atoms with E-state index in [1.54, 1.807) is 19.2 Å². The Hall–Kier alpha value is -3.06. The summed E-state index contributed by atoms with van der Waals surface area (Å²) in [5, 5.41) is 7.65. The maximum absolute atomic E-state index is 13.8. The zero-order valence-electron chi connectivity index (χ0n) is 22.7. The molecule has 0 spiro atoms. The average molecular weight is 581 g/mol. The van der Waals surface area contributed by atoms with Crippen LogP contribution < -0.4 is 15.4 Å². The van der Waals surface area contributed by atoms with E-state index in [1.165, 1.54) is 0 Å². The Morgan fingerprint density at radius 2 is 1.65 bits per heavy atom. The van der Waals surface area contributed by atoms with Gasteiger partial charge in [0.1, 0.15) is 5.75 Å². The van der Waals surface area contributed by atoms with E-state index in [-0.39, 0.29) is 17.2 Å². The first-order chi connectivity index (χ1) is 19.4. The Labute approximate surface area is 246 Å². The van der Waals surface area contributed by atoms with Crippen LogP contribution in [0.5, 0.6) is 5.75 Å². The molecule has 0 radical (unpaired) electrons. The normalized spacial score (nSPS) is 20.2. The van der Waals surface area contributed by atoms with Crippen molar-refractivity contribution in [3.05, 3.63) is 99.5 Å². The van der Waals surface area contributed by atoms with Crippen LogP contribution in [0.15, 0.2) is 72.8 Å². The maximum Gasteiger partial charge on any atom is 0.257 e. The van der Waals surface area contributed by atoms with Crippen molar-refractivity contribution in [2.75, 3.05) is 39.8 Å². The van der Waals surface area contributed by atoms with E-state index >= 15 is 0 Å². The van der Waals surface area contributed by atoms with Crippen molar-refractivity contribution < 1.29 is 14.3 Å². The molecule has 2 saturated heterocycles. The lowest BCUT2D eigenvalue weighted by Crippen LogP contribution is -2.51. The second-order valence-corrected chi connectivity index (χ2v) is 11.6. The van der Waals surface area contributed by atoms with Crippen LogP contribution >= 0.6 is 23.2 Å². The van der Waals surface area contributed by atoms with Crippen molar-refractivity contribution in [1.29, 1.82) is 0 Å². The van der Waals surface area contributed by atoms with Crippen molar-refractivity contribution in [2.24, 2.45) is 0 Å². The Morgan fingerprint density at radius 3 is 2.38 bits per heavy atom. The van der Waals surface area contributed by atoms with Gasteiger partial charge in [-0.3, -0.25) is 9.59 Å². The number of methoxy groups -OCH3 is 1. The van der Waals surface area contributed by atoms with Gasteiger partial charge in [0, 0.05) is 25.0 Å². The van der Waals surface area contributed by atoms with E-state index in [9.17, 15) is 9.59 Å². The number of carbonyl (C=O) groups excluding carboxylic acids is 2. The van der Waals surface area contributed by atoms with Gasteiger partial charge in [-0.1, -0.05) is 71.7 Å². The molecule has 6 nitrogen and oxygen atoms in total. The maximum atomic E-state index is 13.8. The third-order valence-corrected chi connectivity index (χ3v) is 9.36. The van der Waals surface area contributed by atoms with E-state index in [2.05, 4.69) is 22.8 Å². The average Bonchev–Trinajstić information content (AvgIpc) is 3.44. The molecule has 0 saturated carbocycles. The summed E-state index contributed by atoms with van der Waals surface area (Å²) in [5.41, 5.74) is 1.69. The molecule has 3 aromatic rings. The fraction of sp³-hybridized carbons (Fsp3) is 0.375. The highest BCUT2D eigenvalue weighted by molar-refractivity contribution is 6.42. The second-order valence-electron chi connectivity index (χ2n) is 10.8. The molecule has 1 atom stereocenters. The van der Waals surface area contributed by atoms with Gasteiger partial charge in [-0.15, -0.1) is 0 Å². The van der Waals surface area contributed by atoms with E-state index < -0.39 is 5.41 Å². The minimum absolute atomic E-state index is 0.0597. The van der Waals surface area contributed by atoms with Gasteiger partial charge in [-0.05, 0) is 74.2 Å². The van der Waals surface area contributed by atoms with Crippen molar-refractivity contribution in [1.82, 2.24) is 15.5 Å². The number of halogens is 2. The van der Waals surface area contributed by atoms with Crippen LogP contribution in [0, 0.1) is 0 Å². The van der Waals surface area contributed by atoms with Gasteiger partial charge in [0.05, 0.1) is 28.1 Å². The fourth-order valence-corrected chi connectivity index (χ4v) is 6.59. The van der Waals surface area contributed by atoms with Crippen LogP contribution in [0.3, 0.4) is 0 Å². The molecule has 210 valence electrons. The molecule has 0 aromatic heterocycles. The Bertz CT molecular complexity index is 1360. The van der Waals surface area contributed by atoms with E-state index in [1.807, 2.05) is 53.4 Å². The number of piperidine rings is 1. The largest absolute Gasteiger partial charge is 0.496 e. The number of nitrogens with zero attached hydrogens (tertiary/aromatic N) is 1. The Morgan fingerprint density at radius 1 is 0.925 bits per heavy atom. The summed E-state index contributed by atoms with van der Waals surface area (Å²) in [4.78, 5) is 29.3. The number of likely N-dealkylation sites (tertiary alicyclic amines) is 1. The Balaban J connectivity index is 1.37. The number of ether oxygens (including phenoxy) is 1. The number of amides is 2. The molecule has 2 heterocycles. The summed E-state index contributed by atoms with van der Waals surface area (Å²) in [7, 11) is 1.57. The first-order valence-electron chi connectivity index (χ1n) is 13.8. The molecule has 2 amide bonds. The van der Waals surface area contributed by atoms with Crippen LogP contribution in [0.1, 0.15) is 47.2 Å². The van der Waals surface area contributed by atoms with Gasteiger partial charge in [0.2, 0.25) is 5.91 Å². The highest BCUT2D eigenvalue weighted by atomic mass is 35.5. The summed E-state index contributed by atoms with van der Waals surface area (Å²) in [6.07, 6.45) is 2.91. The lowest BCUT2D eigenvalue weighted by molar-refractivity contribution is -0.127. The smallest absolute Gasteiger partial charge is 0.257 e. The molecule has 0 bridgehead atoms. The van der Waals surface area contributed by atoms with Crippen LogP contribution in [0.2, 0.25) is 10.0 Å².